The Balaban J connectivity index is 1.67. The highest BCUT2D eigenvalue weighted by Crippen LogP contribution is 2.32. The molecule has 0 bridgehead atoms. The van der Waals surface area contributed by atoms with Crippen molar-refractivity contribution in [1.82, 2.24) is 15.3 Å². The predicted molar refractivity (Wildman–Crippen MR) is 121 cm³/mol. The van der Waals surface area contributed by atoms with Crippen LogP contribution in [0.1, 0.15) is 38.5 Å². The van der Waals surface area contributed by atoms with E-state index in [1.54, 1.807) is 13.4 Å². The Labute approximate surface area is 182 Å². The molecular weight excluding hydrogens is 392 g/mol. The number of amides is 1. The lowest BCUT2D eigenvalue weighted by molar-refractivity contribution is -0.121. The van der Waals surface area contributed by atoms with E-state index in [1.165, 1.54) is 19.3 Å². The Morgan fingerprint density at radius 1 is 1.16 bits per heavy atom. The summed E-state index contributed by atoms with van der Waals surface area (Å²) < 4.78 is 10.6. The van der Waals surface area contributed by atoms with Crippen LogP contribution in [0.4, 0.5) is 5.82 Å². The minimum atomic E-state index is 0.0301. The van der Waals surface area contributed by atoms with Crippen molar-refractivity contribution >= 4 is 22.6 Å². The van der Waals surface area contributed by atoms with E-state index in [0.717, 1.165) is 29.6 Å². The highest BCUT2D eigenvalue weighted by Gasteiger charge is 2.25. The van der Waals surface area contributed by atoms with E-state index in [1.807, 2.05) is 30.3 Å². The second kappa shape index (κ2) is 10.4. The van der Waals surface area contributed by atoms with Gasteiger partial charge in [-0.3, -0.25) is 4.79 Å². The van der Waals surface area contributed by atoms with Crippen molar-refractivity contribution in [1.29, 1.82) is 0 Å². The van der Waals surface area contributed by atoms with Gasteiger partial charge in [0.1, 0.15) is 5.82 Å². The molecule has 2 aromatic heterocycles. The molecule has 1 aliphatic rings. The maximum atomic E-state index is 12.4. The lowest BCUT2D eigenvalue weighted by Gasteiger charge is -2.36. The van der Waals surface area contributed by atoms with E-state index >= 15 is 0 Å². The zero-order valence-electron chi connectivity index (χ0n) is 18.0. The van der Waals surface area contributed by atoms with E-state index in [4.69, 9.17) is 19.1 Å². The Bertz CT molecular complexity index is 984. The standard InChI is InChI=1S/C24H30N4O3/c1-30-17-14-25-22(29)13-15-28(18-8-3-2-4-9-18)24-19-10-5-6-11-20(19)26-23(27-24)21-12-7-16-31-21/h5-7,10-12,16,18H,2-4,8-9,13-15,17H2,1H3,(H,25,29). The first-order chi connectivity index (χ1) is 15.3. The van der Waals surface area contributed by atoms with Crippen molar-refractivity contribution < 1.29 is 13.9 Å². The first kappa shape index (κ1) is 21.3. The molecule has 1 fully saturated rings. The summed E-state index contributed by atoms with van der Waals surface area (Å²) in [5.41, 5.74) is 0.879. The molecule has 0 unspecified atom stereocenters. The van der Waals surface area contributed by atoms with Gasteiger partial charge < -0.3 is 19.4 Å². The number of aromatic nitrogens is 2. The van der Waals surface area contributed by atoms with Gasteiger partial charge in [0.25, 0.3) is 0 Å². The Hall–Kier alpha value is -2.93. The third-order valence-electron chi connectivity index (χ3n) is 5.82. The van der Waals surface area contributed by atoms with Gasteiger partial charge in [-0.2, -0.15) is 0 Å². The molecule has 0 aliphatic heterocycles. The molecule has 7 heteroatoms. The van der Waals surface area contributed by atoms with Crippen LogP contribution < -0.4 is 10.2 Å². The Morgan fingerprint density at radius 3 is 2.77 bits per heavy atom. The van der Waals surface area contributed by atoms with Crippen molar-refractivity contribution in [2.45, 2.75) is 44.6 Å². The van der Waals surface area contributed by atoms with Crippen LogP contribution in [0.15, 0.2) is 47.1 Å². The number of para-hydroxylation sites is 1. The zero-order valence-corrected chi connectivity index (χ0v) is 18.0. The first-order valence-electron chi connectivity index (χ1n) is 11.1. The minimum absolute atomic E-state index is 0.0301. The van der Waals surface area contributed by atoms with Gasteiger partial charge in [-0.15, -0.1) is 0 Å². The van der Waals surface area contributed by atoms with Crippen LogP contribution in [0, 0.1) is 0 Å². The molecule has 1 amide bonds. The quantitative estimate of drug-likeness (QED) is 0.521. The fraction of sp³-hybridized carbons (Fsp3) is 0.458. The lowest BCUT2D eigenvalue weighted by atomic mass is 9.93. The number of carbonyl (C=O) groups excluding carboxylic acids is 1. The van der Waals surface area contributed by atoms with Gasteiger partial charge in [-0.1, -0.05) is 31.4 Å². The van der Waals surface area contributed by atoms with Gasteiger partial charge in [-0.25, -0.2) is 9.97 Å². The molecule has 2 heterocycles. The Morgan fingerprint density at radius 2 is 2.00 bits per heavy atom. The fourth-order valence-corrected chi connectivity index (χ4v) is 4.25. The summed E-state index contributed by atoms with van der Waals surface area (Å²) in [7, 11) is 1.63. The summed E-state index contributed by atoms with van der Waals surface area (Å²) >= 11 is 0. The largest absolute Gasteiger partial charge is 0.461 e. The maximum absolute atomic E-state index is 12.4. The van der Waals surface area contributed by atoms with Gasteiger partial charge in [0, 0.05) is 38.0 Å². The number of hydrogen-bond acceptors (Lipinski definition) is 6. The summed E-state index contributed by atoms with van der Waals surface area (Å²) in [6.45, 7) is 1.65. The van der Waals surface area contributed by atoms with Gasteiger partial charge in [0.15, 0.2) is 11.6 Å². The smallest absolute Gasteiger partial charge is 0.221 e. The molecule has 1 aliphatic carbocycles. The topological polar surface area (TPSA) is 80.5 Å². The SMILES string of the molecule is COCCNC(=O)CCN(c1nc(-c2ccco2)nc2ccccc12)C1CCCCC1. The van der Waals surface area contributed by atoms with Crippen LogP contribution in [0.25, 0.3) is 22.5 Å². The van der Waals surface area contributed by atoms with Crippen LogP contribution in [-0.4, -0.2) is 48.7 Å². The monoisotopic (exact) mass is 422 g/mol. The number of nitrogens with one attached hydrogen (secondary N) is 1. The number of anilines is 1. The third-order valence-corrected chi connectivity index (χ3v) is 5.82. The molecular formula is C24H30N4O3. The average Bonchev–Trinajstić information content (AvgIpc) is 3.35. The molecule has 3 aromatic rings. The summed E-state index contributed by atoms with van der Waals surface area (Å²) in [5.74, 6) is 2.13. The van der Waals surface area contributed by atoms with Gasteiger partial charge in [-0.05, 0) is 37.1 Å². The normalized spacial score (nSPS) is 14.6. The van der Waals surface area contributed by atoms with E-state index in [-0.39, 0.29) is 5.91 Å². The van der Waals surface area contributed by atoms with Crippen LogP contribution >= 0.6 is 0 Å². The predicted octanol–water partition coefficient (Wildman–Crippen LogP) is 4.18. The van der Waals surface area contributed by atoms with E-state index < -0.39 is 0 Å². The zero-order chi connectivity index (χ0) is 21.5. The molecule has 4 rings (SSSR count). The highest BCUT2D eigenvalue weighted by atomic mass is 16.5. The maximum Gasteiger partial charge on any atom is 0.221 e. The van der Waals surface area contributed by atoms with Gasteiger partial charge in [0.2, 0.25) is 5.91 Å². The lowest BCUT2D eigenvalue weighted by Crippen LogP contribution is -2.40. The number of benzene rings is 1. The van der Waals surface area contributed by atoms with Gasteiger partial charge >= 0.3 is 0 Å². The van der Waals surface area contributed by atoms with Crippen LogP contribution in [0.5, 0.6) is 0 Å². The molecule has 0 spiro atoms. The van der Waals surface area contributed by atoms with E-state index in [0.29, 0.717) is 43.7 Å². The number of carbonyl (C=O) groups is 1. The molecule has 7 nitrogen and oxygen atoms in total. The number of methoxy groups -OCH3 is 1. The second-order valence-electron chi connectivity index (χ2n) is 7.94. The summed E-state index contributed by atoms with van der Waals surface area (Å²) in [4.78, 5) is 24.4. The number of rotatable bonds is 9. The van der Waals surface area contributed by atoms with Crippen molar-refractivity contribution in [3.8, 4) is 11.6 Å². The summed E-state index contributed by atoms with van der Waals surface area (Å²) in [5, 5.41) is 3.93. The molecule has 0 radical (unpaired) electrons. The van der Waals surface area contributed by atoms with E-state index in [9.17, 15) is 4.79 Å². The van der Waals surface area contributed by atoms with Crippen molar-refractivity contribution in [2.75, 3.05) is 31.7 Å². The summed E-state index contributed by atoms with van der Waals surface area (Å²) in [6.07, 6.45) is 7.94. The average molecular weight is 423 g/mol. The van der Waals surface area contributed by atoms with Crippen LogP contribution in [0.3, 0.4) is 0 Å². The number of nitrogens with zero attached hydrogens (tertiary/aromatic N) is 3. The highest BCUT2D eigenvalue weighted by molar-refractivity contribution is 5.91. The number of furan rings is 1. The minimum Gasteiger partial charge on any atom is -0.461 e. The number of ether oxygens (including phenoxy) is 1. The molecule has 0 atom stereocenters. The molecule has 1 N–H and O–H groups in total. The molecule has 1 saturated carbocycles. The van der Waals surface area contributed by atoms with Crippen molar-refractivity contribution in [3.05, 3.63) is 42.7 Å². The molecule has 164 valence electrons. The second-order valence-corrected chi connectivity index (χ2v) is 7.94. The van der Waals surface area contributed by atoms with Crippen LogP contribution in [-0.2, 0) is 9.53 Å². The summed E-state index contributed by atoms with van der Waals surface area (Å²) in [6, 6.07) is 12.1. The van der Waals surface area contributed by atoms with Crippen molar-refractivity contribution in [2.24, 2.45) is 0 Å². The Kier molecular flexibility index (Phi) is 7.14. The van der Waals surface area contributed by atoms with Gasteiger partial charge in [0.05, 0.1) is 18.4 Å². The van der Waals surface area contributed by atoms with Crippen molar-refractivity contribution in [3.63, 3.8) is 0 Å². The number of fused-ring (bicyclic) bond motifs is 1. The molecule has 31 heavy (non-hydrogen) atoms. The third kappa shape index (κ3) is 5.22. The van der Waals surface area contributed by atoms with Crippen LogP contribution in [0.2, 0.25) is 0 Å². The van der Waals surface area contributed by atoms with E-state index in [2.05, 4.69) is 16.3 Å². The number of hydrogen-bond donors (Lipinski definition) is 1. The first-order valence-corrected chi connectivity index (χ1v) is 11.1. The fourth-order valence-electron chi connectivity index (χ4n) is 4.25. The molecule has 0 saturated heterocycles. The molecule has 1 aromatic carbocycles.